The molecule has 19 heavy (non-hydrogen) atoms. The lowest BCUT2D eigenvalue weighted by molar-refractivity contribution is -0.141. The molecule has 1 aromatic carbocycles. The number of carbonyl (C=O) groups is 1. The Morgan fingerprint density at radius 1 is 1.21 bits per heavy atom. The minimum atomic E-state index is -0.739. The molecular formula is C16H25NO2. The van der Waals surface area contributed by atoms with E-state index in [2.05, 4.69) is 44.7 Å². The Labute approximate surface area is 116 Å². The average molecular weight is 263 g/mol. The van der Waals surface area contributed by atoms with Gasteiger partial charge in [-0.15, -0.1) is 0 Å². The Bertz CT molecular complexity index is 445. The van der Waals surface area contributed by atoms with Crippen LogP contribution >= 0.6 is 0 Å². The van der Waals surface area contributed by atoms with Crippen LogP contribution < -0.4 is 0 Å². The molecule has 0 amide bonds. The quantitative estimate of drug-likeness (QED) is 0.886. The van der Waals surface area contributed by atoms with Crippen molar-refractivity contribution in [1.29, 1.82) is 0 Å². The van der Waals surface area contributed by atoms with Crippen LogP contribution in [0.2, 0.25) is 0 Å². The maximum absolute atomic E-state index is 10.9. The zero-order valence-electron chi connectivity index (χ0n) is 12.8. The van der Waals surface area contributed by atoms with E-state index in [9.17, 15) is 4.79 Å². The summed E-state index contributed by atoms with van der Waals surface area (Å²) in [5.74, 6) is -1.09. The minimum absolute atomic E-state index is 0.224. The lowest BCUT2D eigenvalue weighted by Gasteiger charge is -2.29. The predicted molar refractivity (Wildman–Crippen MR) is 78.5 cm³/mol. The molecule has 0 radical (unpaired) electrons. The maximum Gasteiger partial charge on any atom is 0.307 e. The molecule has 1 N–H and O–H groups in total. The summed E-state index contributed by atoms with van der Waals surface area (Å²) in [4.78, 5) is 13.1. The normalized spacial score (nSPS) is 14.5. The fourth-order valence-corrected chi connectivity index (χ4v) is 2.74. The number of aliphatic carboxylic acids is 1. The molecule has 2 unspecified atom stereocenters. The number of nitrogens with zero attached hydrogens (tertiary/aromatic N) is 1. The number of benzene rings is 1. The standard InChI is InChI=1S/C16H25NO2/c1-10-7-11(2)15(12(3)8-10)14(5)17(6)9-13(4)16(18)19/h7-8,13-14H,9H2,1-6H3,(H,18,19). The molecule has 106 valence electrons. The molecule has 0 fully saturated rings. The van der Waals surface area contributed by atoms with Crippen molar-refractivity contribution in [3.63, 3.8) is 0 Å². The minimum Gasteiger partial charge on any atom is -0.481 e. The van der Waals surface area contributed by atoms with Gasteiger partial charge in [0.1, 0.15) is 0 Å². The molecule has 0 aliphatic carbocycles. The molecule has 0 saturated heterocycles. The Kier molecular flexibility index (Phi) is 5.12. The van der Waals surface area contributed by atoms with Gasteiger partial charge in [0.05, 0.1) is 5.92 Å². The van der Waals surface area contributed by atoms with E-state index in [1.807, 2.05) is 7.05 Å². The van der Waals surface area contributed by atoms with Crippen molar-refractivity contribution in [2.45, 2.75) is 40.7 Å². The van der Waals surface area contributed by atoms with Gasteiger partial charge < -0.3 is 5.11 Å². The smallest absolute Gasteiger partial charge is 0.307 e. The summed E-state index contributed by atoms with van der Waals surface area (Å²) in [5, 5.41) is 9.00. The largest absolute Gasteiger partial charge is 0.481 e. The summed E-state index contributed by atoms with van der Waals surface area (Å²) in [6.07, 6.45) is 0. The van der Waals surface area contributed by atoms with Gasteiger partial charge >= 0.3 is 5.97 Å². The number of carboxylic acids is 1. The molecule has 0 saturated carbocycles. The first kappa shape index (κ1) is 15.7. The monoisotopic (exact) mass is 263 g/mol. The number of hydrogen-bond acceptors (Lipinski definition) is 2. The van der Waals surface area contributed by atoms with E-state index in [0.29, 0.717) is 6.54 Å². The van der Waals surface area contributed by atoms with Gasteiger partial charge in [-0.05, 0) is 51.4 Å². The fourth-order valence-electron chi connectivity index (χ4n) is 2.74. The number of carboxylic acid groups (broad SMARTS) is 1. The van der Waals surface area contributed by atoms with Crippen molar-refractivity contribution in [3.8, 4) is 0 Å². The van der Waals surface area contributed by atoms with E-state index in [1.54, 1.807) is 6.92 Å². The van der Waals surface area contributed by atoms with Gasteiger partial charge in [-0.25, -0.2) is 0 Å². The maximum atomic E-state index is 10.9. The lowest BCUT2D eigenvalue weighted by Crippen LogP contribution is -2.31. The SMILES string of the molecule is Cc1cc(C)c(C(C)N(C)CC(C)C(=O)O)c(C)c1. The summed E-state index contributed by atoms with van der Waals surface area (Å²) in [6.45, 7) is 10.8. The molecule has 1 rings (SSSR count). The Balaban J connectivity index is 2.94. The molecule has 1 aromatic rings. The highest BCUT2D eigenvalue weighted by atomic mass is 16.4. The van der Waals surface area contributed by atoms with Crippen molar-refractivity contribution >= 4 is 5.97 Å². The summed E-state index contributed by atoms with van der Waals surface area (Å²) in [5.41, 5.74) is 5.14. The number of hydrogen-bond donors (Lipinski definition) is 1. The third-order valence-corrected chi connectivity index (χ3v) is 3.80. The fraction of sp³-hybridized carbons (Fsp3) is 0.562. The van der Waals surface area contributed by atoms with Crippen LogP contribution in [0.5, 0.6) is 0 Å². The molecule has 0 heterocycles. The third-order valence-electron chi connectivity index (χ3n) is 3.80. The number of aryl methyl sites for hydroxylation is 3. The molecule has 0 aliphatic rings. The van der Waals surface area contributed by atoms with E-state index >= 15 is 0 Å². The van der Waals surface area contributed by atoms with Crippen LogP contribution in [0.15, 0.2) is 12.1 Å². The number of rotatable bonds is 5. The second-order valence-corrected chi connectivity index (χ2v) is 5.67. The van der Waals surface area contributed by atoms with E-state index in [4.69, 9.17) is 5.11 Å². The average Bonchev–Trinajstić information content (AvgIpc) is 2.26. The predicted octanol–water partition coefficient (Wildman–Crippen LogP) is 3.33. The summed E-state index contributed by atoms with van der Waals surface area (Å²) in [7, 11) is 1.99. The van der Waals surface area contributed by atoms with Gasteiger partial charge in [-0.1, -0.05) is 24.6 Å². The Morgan fingerprint density at radius 3 is 2.11 bits per heavy atom. The van der Waals surface area contributed by atoms with Gasteiger partial charge in [-0.2, -0.15) is 0 Å². The van der Waals surface area contributed by atoms with Crippen LogP contribution in [0.25, 0.3) is 0 Å². The highest BCUT2D eigenvalue weighted by molar-refractivity contribution is 5.69. The van der Waals surface area contributed by atoms with Crippen LogP contribution in [0.1, 0.15) is 42.1 Å². The van der Waals surface area contributed by atoms with Gasteiger partial charge in [0.2, 0.25) is 0 Å². The van der Waals surface area contributed by atoms with Crippen LogP contribution in [0.4, 0.5) is 0 Å². The van der Waals surface area contributed by atoms with Crippen LogP contribution in [0, 0.1) is 26.7 Å². The molecule has 3 heteroatoms. The van der Waals surface area contributed by atoms with Gasteiger partial charge in [0.25, 0.3) is 0 Å². The van der Waals surface area contributed by atoms with Crippen molar-refractivity contribution < 1.29 is 9.90 Å². The zero-order chi connectivity index (χ0) is 14.7. The first-order valence-electron chi connectivity index (χ1n) is 6.74. The highest BCUT2D eigenvalue weighted by Gasteiger charge is 2.20. The lowest BCUT2D eigenvalue weighted by atomic mass is 9.94. The topological polar surface area (TPSA) is 40.5 Å². The van der Waals surface area contributed by atoms with E-state index in [-0.39, 0.29) is 12.0 Å². The van der Waals surface area contributed by atoms with E-state index < -0.39 is 5.97 Å². The Morgan fingerprint density at radius 2 is 1.68 bits per heavy atom. The molecule has 0 spiro atoms. The molecule has 0 bridgehead atoms. The van der Waals surface area contributed by atoms with Gasteiger partial charge in [0, 0.05) is 12.6 Å². The van der Waals surface area contributed by atoms with Crippen LogP contribution in [0.3, 0.4) is 0 Å². The van der Waals surface area contributed by atoms with Crippen molar-refractivity contribution in [2.24, 2.45) is 5.92 Å². The first-order chi connectivity index (χ1) is 8.73. The van der Waals surface area contributed by atoms with E-state index in [1.165, 1.54) is 22.3 Å². The molecular weight excluding hydrogens is 238 g/mol. The van der Waals surface area contributed by atoms with Crippen molar-refractivity contribution in [3.05, 3.63) is 34.4 Å². The summed E-state index contributed by atoms with van der Waals surface area (Å²) < 4.78 is 0. The second kappa shape index (κ2) is 6.20. The third kappa shape index (κ3) is 3.80. The summed E-state index contributed by atoms with van der Waals surface area (Å²) in [6, 6.07) is 4.60. The van der Waals surface area contributed by atoms with Gasteiger partial charge in [0.15, 0.2) is 0 Å². The zero-order valence-corrected chi connectivity index (χ0v) is 12.8. The molecule has 0 aliphatic heterocycles. The van der Waals surface area contributed by atoms with E-state index in [0.717, 1.165) is 0 Å². The van der Waals surface area contributed by atoms with Crippen molar-refractivity contribution in [1.82, 2.24) is 4.90 Å². The first-order valence-corrected chi connectivity index (χ1v) is 6.74. The van der Waals surface area contributed by atoms with Crippen molar-refractivity contribution in [2.75, 3.05) is 13.6 Å². The second-order valence-electron chi connectivity index (χ2n) is 5.67. The molecule has 3 nitrogen and oxygen atoms in total. The highest BCUT2D eigenvalue weighted by Crippen LogP contribution is 2.27. The van der Waals surface area contributed by atoms with Crippen LogP contribution in [-0.2, 0) is 4.79 Å². The van der Waals surface area contributed by atoms with Gasteiger partial charge in [-0.3, -0.25) is 9.69 Å². The Hall–Kier alpha value is -1.35. The molecule has 2 atom stereocenters. The summed E-state index contributed by atoms with van der Waals surface area (Å²) >= 11 is 0. The molecule has 0 aromatic heterocycles. The van der Waals surface area contributed by atoms with Crippen LogP contribution in [-0.4, -0.2) is 29.6 Å².